The Balaban J connectivity index is 1.57. The first-order chi connectivity index (χ1) is 18.0. The number of nitrogens with one attached hydrogen (secondary N) is 1. The van der Waals surface area contributed by atoms with Crippen LogP contribution in [0.5, 0.6) is 0 Å². The van der Waals surface area contributed by atoms with Crippen LogP contribution in [0.25, 0.3) is 28.3 Å². The molecule has 0 aliphatic heterocycles. The molecule has 0 fully saturated rings. The Morgan fingerprint density at radius 3 is 2.51 bits per heavy atom. The van der Waals surface area contributed by atoms with Crippen LogP contribution < -0.4 is 5.69 Å². The van der Waals surface area contributed by atoms with Crippen LogP contribution in [0.2, 0.25) is 0 Å². The number of aryl methyl sites for hydroxylation is 1. The molecule has 0 amide bonds. The third kappa shape index (κ3) is 4.72. The third-order valence-electron chi connectivity index (χ3n) is 6.36. The second-order valence-corrected chi connectivity index (χ2v) is 9.24. The predicted octanol–water partition coefficient (Wildman–Crippen LogP) is 5.14. The average Bonchev–Trinajstić information content (AvgIpc) is 3.54. The molecule has 37 heavy (non-hydrogen) atoms. The van der Waals surface area contributed by atoms with Crippen LogP contribution >= 0.6 is 0 Å². The van der Waals surface area contributed by atoms with Gasteiger partial charge in [-0.25, -0.2) is 9.18 Å². The van der Waals surface area contributed by atoms with Crippen molar-refractivity contribution in [1.29, 1.82) is 0 Å². The molecule has 0 saturated carbocycles. The minimum atomic E-state index is -0.410. The molecule has 3 aromatic heterocycles. The van der Waals surface area contributed by atoms with E-state index < -0.39 is 5.82 Å². The summed E-state index contributed by atoms with van der Waals surface area (Å²) in [6.07, 6.45) is 3.31. The van der Waals surface area contributed by atoms with E-state index in [4.69, 9.17) is 4.98 Å². The van der Waals surface area contributed by atoms with Crippen molar-refractivity contribution < 1.29 is 4.39 Å². The Kier molecular flexibility index (Phi) is 6.76. The van der Waals surface area contributed by atoms with Gasteiger partial charge < -0.3 is 0 Å². The van der Waals surface area contributed by atoms with Crippen LogP contribution in [0.15, 0.2) is 71.7 Å². The largest absolute Gasteiger partial charge is 0.333 e. The average molecular weight is 498 g/mol. The molecule has 2 aromatic carbocycles. The number of hydrogen-bond donors (Lipinski definition) is 1. The summed E-state index contributed by atoms with van der Waals surface area (Å²) in [5, 5.41) is 14.4. The maximum atomic E-state index is 15.0. The molecule has 9 heteroatoms. The van der Waals surface area contributed by atoms with E-state index in [2.05, 4.69) is 27.5 Å². The van der Waals surface area contributed by atoms with Gasteiger partial charge in [-0.15, -0.1) is 10.2 Å². The van der Waals surface area contributed by atoms with Gasteiger partial charge in [0.15, 0.2) is 0 Å². The van der Waals surface area contributed by atoms with E-state index in [0.717, 1.165) is 40.2 Å². The van der Waals surface area contributed by atoms with E-state index in [1.54, 1.807) is 16.8 Å². The minimum absolute atomic E-state index is 0.0631. The fourth-order valence-corrected chi connectivity index (χ4v) is 4.62. The number of halogens is 1. The van der Waals surface area contributed by atoms with E-state index in [1.165, 1.54) is 10.6 Å². The molecule has 0 bridgehead atoms. The Morgan fingerprint density at radius 2 is 1.78 bits per heavy atom. The first kappa shape index (κ1) is 24.3. The van der Waals surface area contributed by atoms with Crippen LogP contribution in [0.3, 0.4) is 0 Å². The highest BCUT2D eigenvalue weighted by Crippen LogP contribution is 2.29. The molecule has 0 atom stereocenters. The Morgan fingerprint density at radius 1 is 1.00 bits per heavy atom. The molecule has 188 valence electrons. The number of nitrogens with zero attached hydrogens (tertiary/aromatic N) is 6. The number of rotatable bonds is 8. The number of hydrogen-bond acceptors (Lipinski definition) is 5. The lowest BCUT2D eigenvalue weighted by Gasteiger charge is -2.13. The van der Waals surface area contributed by atoms with Crippen LogP contribution in [-0.4, -0.2) is 34.7 Å². The van der Waals surface area contributed by atoms with Gasteiger partial charge in [-0.1, -0.05) is 69.7 Å². The first-order valence-electron chi connectivity index (χ1n) is 12.4. The van der Waals surface area contributed by atoms with Crippen LogP contribution in [0.4, 0.5) is 4.39 Å². The van der Waals surface area contributed by atoms with Crippen LogP contribution in [-0.2, 0) is 13.0 Å². The van der Waals surface area contributed by atoms with Gasteiger partial charge in [0.25, 0.3) is 0 Å². The van der Waals surface area contributed by atoms with Gasteiger partial charge in [0, 0.05) is 23.0 Å². The molecule has 1 N–H and O–H groups in total. The lowest BCUT2D eigenvalue weighted by Crippen LogP contribution is -2.26. The SMILES string of the molecule is CCCc1cn(-c2c(F)cccc2C(C)C)c(=O)n1Cc1cccc(-c2ccccc2-c2nn[nH]n2)n1. The topological polar surface area (TPSA) is 94.3 Å². The molecule has 5 aromatic rings. The molecule has 0 unspecified atom stereocenters. The van der Waals surface area contributed by atoms with Crippen molar-refractivity contribution in [2.75, 3.05) is 0 Å². The molecule has 0 spiro atoms. The van der Waals surface area contributed by atoms with Gasteiger partial charge in [-0.05, 0) is 41.3 Å². The number of pyridine rings is 1. The summed E-state index contributed by atoms with van der Waals surface area (Å²) < 4.78 is 18.2. The molecule has 0 aliphatic rings. The van der Waals surface area contributed by atoms with E-state index in [-0.39, 0.29) is 18.2 Å². The fourth-order valence-electron chi connectivity index (χ4n) is 4.62. The second kappa shape index (κ2) is 10.3. The monoisotopic (exact) mass is 497 g/mol. The number of aromatic amines is 1. The molecule has 0 saturated heterocycles. The van der Waals surface area contributed by atoms with Crippen LogP contribution in [0.1, 0.15) is 50.1 Å². The normalized spacial score (nSPS) is 11.4. The van der Waals surface area contributed by atoms with Crippen LogP contribution in [0, 0.1) is 5.82 Å². The quantitative estimate of drug-likeness (QED) is 0.320. The maximum absolute atomic E-state index is 15.0. The number of benzene rings is 2. The highest BCUT2D eigenvalue weighted by molar-refractivity contribution is 5.78. The summed E-state index contributed by atoms with van der Waals surface area (Å²) in [6.45, 7) is 6.32. The van der Waals surface area contributed by atoms with Crippen molar-refractivity contribution in [1.82, 2.24) is 34.7 Å². The number of para-hydroxylation sites is 1. The second-order valence-electron chi connectivity index (χ2n) is 9.24. The Hall–Kier alpha value is -4.40. The zero-order valence-corrected chi connectivity index (χ0v) is 21.0. The summed E-state index contributed by atoms with van der Waals surface area (Å²) >= 11 is 0. The lowest BCUT2D eigenvalue weighted by atomic mass is 10.0. The number of aromatic nitrogens is 7. The summed E-state index contributed by atoms with van der Waals surface area (Å²) in [5.41, 5.74) is 4.78. The summed E-state index contributed by atoms with van der Waals surface area (Å²) in [5.74, 6) is 0.132. The third-order valence-corrected chi connectivity index (χ3v) is 6.36. The number of tetrazole rings is 1. The summed E-state index contributed by atoms with van der Waals surface area (Å²) in [7, 11) is 0. The zero-order valence-electron chi connectivity index (χ0n) is 21.0. The number of imidazole rings is 1. The molecular formula is C28H28FN7O. The molecule has 8 nitrogen and oxygen atoms in total. The molecular weight excluding hydrogens is 469 g/mol. The maximum Gasteiger partial charge on any atom is 0.333 e. The highest BCUT2D eigenvalue weighted by Gasteiger charge is 2.20. The standard InChI is InChI=1S/C28H28FN7O/c1-4-9-20-17-36(26-21(18(2)3)13-8-14-24(26)29)28(37)35(20)16-19-10-7-15-25(30-19)22-11-5-6-12-23(22)27-31-33-34-32-27/h5-8,10-15,17-18H,4,9,16H2,1-3H3,(H,31,32,33,34). The van der Waals surface area contributed by atoms with Gasteiger partial charge in [0.05, 0.1) is 23.6 Å². The molecule has 0 radical (unpaired) electrons. The van der Waals surface area contributed by atoms with E-state index >= 15 is 4.39 Å². The first-order valence-corrected chi connectivity index (χ1v) is 12.4. The van der Waals surface area contributed by atoms with E-state index in [9.17, 15) is 4.79 Å². The molecule has 5 rings (SSSR count). The van der Waals surface area contributed by atoms with E-state index in [1.807, 2.05) is 62.4 Å². The van der Waals surface area contributed by atoms with Gasteiger partial charge in [0.2, 0.25) is 5.82 Å². The predicted molar refractivity (Wildman–Crippen MR) is 140 cm³/mol. The fraction of sp³-hybridized carbons (Fsp3) is 0.250. The summed E-state index contributed by atoms with van der Waals surface area (Å²) in [6, 6.07) is 18.4. The van der Waals surface area contributed by atoms with Gasteiger partial charge >= 0.3 is 5.69 Å². The van der Waals surface area contributed by atoms with Crippen molar-refractivity contribution in [3.8, 4) is 28.3 Å². The van der Waals surface area contributed by atoms with E-state index in [0.29, 0.717) is 17.9 Å². The highest BCUT2D eigenvalue weighted by atomic mass is 19.1. The Labute approximate surface area is 213 Å². The van der Waals surface area contributed by atoms with Crippen molar-refractivity contribution in [2.24, 2.45) is 0 Å². The number of H-pyrrole nitrogens is 1. The lowest BCUT2D eigenvalue weighted by molar-refractivity contribution is 0.606. The van der Waals surface area contributed by atoms with Gasteiger partial charge in [-0.2, -0.15) is 5.21 Å². The van der Waals surface area contributed by atoms with Crippen molar-refractivity contribution in [3.63, 3.8) is 0 Å². The van der Waals surface area contributed by atoms with Crippen molar-refractivity contribution >= 4 is 0 Å². The van der Waals surface area contributed by atoms with Gasteiger partial charge in [-0.3, -0.25) is 14.1 Å². The zero-order chi connectivity index (χ0) is 25.9. The Bertz CT molecular complexity index is 1580. The van der Waals surface area contributed by atoms with Gasteiger partial charge in [0.1, 0.15) is 5.82 Å². The van der Waals surface area contributed by atoms with Crippen molar-refractivity contribution in [2.45, 2.75) is 46.1 Å². The minimum Gasteiger partial charge on any atom is -0.290 e. The molecule has 3 heterocycles. The summed E-state index contributed by atoms with van der Waals surface area (Å²) in [4.78, 5) is 18.5. The smallest absolute Gasteiger partial charge is 0.290 e. The van der Waals surface area contributed by atoms with Crippen molar-refractivity contribution in [3.05, 3.63) is 100 Å². The molecule has 0 aliphatic carbocycles.